The smallest absolute Gasteiger partial charge is 0.153 e. The highest BCUT2D eigenvalue weighted by atomic mass is 15.3. The number of pyridine rings is 2. The molecule has 4 nitrogen and oxygen atoms in total. The molecule has 0 aliphatic heterocycles. The summed E-state index contributed by atoms with van der Waals surface area (Å²) in [6.07, 6.45) is 7.42. The van der Waals surface area contributed by atoms with Crippen molar-refractivity contribution in [3.63, 3.8) is 0 Å². The van der Waals surface area contributed by atoms with E-state index < -0.39 is 0 Å². The molecule has 4 aromatic rings. The number of benzene rings is 1. The minimum absolute atomic E-state index is 0.808. The summed E-state index contributed by atoms with van der Waals surface area (Å²) in [6.45, 7) is 0. The first-order chi connectivity index (χ1) is 10.4. The zero-order valence-electron chi connectivity index (χ0n) is 11.2. The zero-order valence-corrected chi connectivity index (χ0v) is 11.2. The minimum Gasteiger partial charge on any atom is -0.256 e. The Morgan fingerprint density at radius 3 is 2.67 bits per heavy atom. The van der Waals surface area contributed by atoms with Gasteiger partial charge in [0.2, 0.25) is 0 Å². The van der Waals surface area contributed by atoms with Gasteiger partial charge in [0.25, 0.3) is 0 Å². The Kier molecular flexibility index (Phi) is 2.71. The van der Waals surface area contributed by atoms with Crippen molar-refractivity contribution in [2.24, 2.45) is 0 Å². The van der Waals surface area contributed by atoms with Crippen LogP contribution in [0.1, 0.15) is 0 Å². The summed E-state index contributed by atoms with van der Waals surface area (Å²) in [5.41, 5.74) is 3.17. The van der Waals surface area contributed by atoms with Gasteiger partial charge in [-0.15, -0.1) is 0 Å². The van der Waals surface area contributed by atoms with Gasteiger partial charge in [-0.1, -0.05) is 24.3 Å². The van der Waals surface area contributed by atoms with Crippen LogP contribution in [-0.4, -0.2) is 19.7 Å². The van der Waals surface area contributed by atoms with E-state index in [0.29, 0.717) is 0 Å². The van der Waals surface area contributed by atoms with Gasteiger partial charge in [0.05, 0.1) is 11.7 Å². The van der Waals surface area contributed by atoms with Crippen molar-refractivity contribution in [3.8, 4) is 16.9 Å². The van der Waals surface area contributed by atoms with Crippen LogP contribution in [0.5, 0.6) is 0 Å². The molecule has 0 unspecified atom stereocenters. The van der Waals surface area contributed by atoms with Gasteiger partial charge in [-0.25, -0.2) is 9.67 Å². The fourth-order valence-corrected chi connectivity index (χ4v) is 2.43. The Balaban J connectivity index is 1.85. The van der Waals surface area contributed by atoms with Gasteiger partial charge in [0, 0.05) is 29.5 Å². The van der Waals surface area contributed by atoms with Crippen LogP contribution < -0.4 is 0 Å². The molecule has 1 aromatic carbocycles. The van der Waals surface area contributed by atoms with Gasteiger partial charge < -0.3 is 0 Å². The van der Waals surface area contributed by atoms with E-state index in [-0.39, 0.29) is 0 Å². The predicted octanol–water partition coefficient (Wildman–Crippen LogP) is 3.48. The van der Waals surface area contributed by atoms with Crippen LogP contribution in [-0.2, 0) is 0 Å². The lowest BCUT2D eigenvalue weighted by Crippen LogP contribution is -1.95. The summed E-state index contributed by atoms with van der Waals surface area (Å²) in [7, 11) is 0. The molecule has 100 valence electrons. The van der Waals surface area contributed by atoms with E-state index in [2.05, 4.69) is 27.2 Å². The molecule has 0 aliphatic carbocycles. The summed E-state index contributed by atoms with van der Waals surface area (Å²) in [4.78, 5) is 8.70. The average Bonchev–Trinajstić information content (AvgIpc) is 3.05. The van der Waals surface area contributed by atoms with Crippen molar-refractivity contribution in [3.05, 3.63) is 73.3 Å². The Morgan fingerprint density at radius 1 is 0.810 bits per heavy atom. The van der Waals surface area contributed by atoms with E-state index >= 15 is 0 Å². The molecule has 0 bridgehead atoms. The third-order valence-corrected chi connectivity index (χ3v) is 3.42. The molecule has 0 radical (unpaired) electrons. The lowest BCUT2D eigenvalue weighted by atomic mass is 10.0. The number of rotatable bonds is 2. The minimum atomic E-state index is 0.808. The lowest BCUT2D eigenvalue weighted by Gasteiger charge is -2.03. The van der Waals surface area contributed by atoms with Crippen molar-refractivity contribution in [2.75, 3.05) is 0 Å². The lowest BCUT2D eigenvalue weighted by molar-refractivity contribution is 0.847. The molecule has 0 atom stereocenters. The van der Waals surface area contributed by atoms with Crippen LogP contribution in [0.25, 0.3) is 27.8 Å². The van der Waals surface area contributed by atoms with Gasteiger partial charge in [0.15, 0.2) is 5.82 Å². The fourth-order valence-electron chi connectivity index (χ4n) is 2.43. The first-order valence-electron chi connectivity index (χ1n) is 6.72. The van der Waals surface area contributed by atoms with E-state index in [1.807, 2.05) is 55.0 Å². The summed E-state index contributed by atoms with van der Waals surface area (Å²) in [5, 5.41) is 5.53. The Morgan fingerprint density at radius 2 is 1.76 bits per heavy atom. The van der Waals surface area contributed by atoms with Crippen molar-refractivity contribution < 1.29 is 0 Å². The molecule has 0 aliphatic rings. The van der Waals surface area contributed by atoms with E-state index in [4.69, 9.17) is 0 Å². The van der Waals surface area contributed by atoms with E-state index in [1.165, 1.54) is 0 Å². The molecule has 0 fully saturated rings. The van der Waals surface area contributed by atoms with Crippen LogP contribution in [0, 0.1) is 0 Å². The van der Waals surface area contributed by atoms with Gasteiger partial charge in [-0.05, 0) is 29.8 Å². The van der Waals surface area contributed by atoms with Crippen LogP contribution in [0.2, 0.25) is 0 Å². The van der Waals surface area contributed by atoms with Crippen molar-refractivity contribution in [2.45, 2.75) is 0 Å². The maximum atomic E-state index is 4.40. The van der Waals surface area contributed by atoms with Crippen LogP contribution in [0.15, 0.2) is 73.3 Å². The van der Waals surface area contributed by atoms with Crippen molar-refractivity contribution >= 4 is 10.9 Å². The Bertz CT molecular complexity index is 891. The normalized spacial score (nSPS) is 10.9. The molecule has 3 aromatic heterocycles. The monoisotopic (exact) mass is 272 g/mol. The van der Waals surface area contributed by atoms with Gasteiger partial charge in [-0.2, -0.15) is 5.10 Å². The average molecular weight is 272 g/mol. The quantitative estimate of drug-likeness (QED) is 0.561. The van der Waals surface area contributed by atoms with Crippen molar-refractivity contribution in [1.29, 1.82) is 0 Å². The summed E-state index contributed by atoms with van der Waals surface area (Å²) >= 11 is 0. The molecule has 4 rings (SSSR count). The molecule has 4 heteroatoms. The maximum Gasteiger partial charge on any atom is 0.153 e. The van der Waals surface area contributed by atoms with E-state index in [1.54, 1.807) is 10.9 Å². The second-order valence-corrected chi connectivity index (χ2v) is 4.74. The summed E-state index contributed by atoms with van der Waals surface area (Å²) < 4.78 is 1.78. The van der Waals surface area contributed by atoms with Gasteiger partial charge >= 0.3 is 0 Å². The molecule has 0 amide bonds. The SMILES string of the molecule is c1ccc(-n2cc(-c3cccc4ncccc34)cn2)nc1. The molecule has 0 saturated carbocycles. The summed E-state index contributed by atoms with van der Waals surface area (Å²) in [5.74, 6) is 0.808. The van der Waals surface area contributed by atoms with E-state index in [0.717, 1.165) is 27.8 Å². The highest BCUT2D eigenvalue weighted by Crippen LogP contribution is 2.27. The van der Waals surface area contributed by atoms with Crippen molar-refractivity contribution in [1.82, 2.24) is 19.7 Å². The Labute approximate surface area is 121 Å². The van der Waals surface area contributed by atoms with Gasteiger partial charge in [0.1, 0.15) is 0 Å². The Hall–Kier alpha value is -3.01. The number of fused-ring (bicyclic) bond motifs is 1. The number of nitrogens with zero attached hydrogens (tertiary/aromatic N) is 4. The van der Waals surface area contributed by atoms with E-state index in [9.17, 15) is 0 Å². The second-order valence-electron chi connectivity index (χ2n) is 4.74. The topological polar surface area (TPSA) is 43.6 Å². The zero-order chi connectivity index (χ0) is 14.1. The highest BCUT2D eigenvalue weighted by Gasteiger charge is 2.07. The molecule has 21 heavy (non-hydrogen) atoms. The standard InChI is InChI=1S/C17H12N4/c1-2-9-19-17(8-1)21-12-13(11-20-21)14-5-3-7-16-15(14)6-4-10-18-16/h1-12H. The molecule has 0 N–H and O–H groups in total. The summed E-state index contributed by atoms with van der Waals surface area (Å²) in [6, 6.07) is 15.9. The first kappa shape index (κ1) is 11.8. The number of aromatic nitrogens is 4. The number of hydrogen-bond acceptors (Lipinski definition) is 3. The van der Waals surface area contributed by atoms with Gasteiger partial charge in [-0.3, -0.25) is 4.98 Å². The van der Waals surface area contributed by atoms with Crippen LogP contribution >= 0.6 is 0 Å². The first-order valence-corrected chi connectivity index (χ1v) is 6.72. The molecular formula is C17H12N4. The third-order valence-electron chi connectivity index (χ3n) is 3.42. The highest BCUT2D eigenvalue weighted by molar-refractivity contribution is 5.94. The third kappa shape index (κ3) is 2.07. The molecule has 0 spiro atoms. The fraction of sp³-hybridized carbons (Fsp3) is 0. The molecule has 3 heterocycles. The van der Waals surface area contributed by atoms with Crippen LogP contribution in [0.3, 0.4) is 0 Å². The largest absolute Gasteiger partial charge is 0.256 e. The molecule has 0 saturated heterocycles. The maximum absolute atomic E-state index is 4.40. The van der Waals surface area contributed by atoms with Crippen LogP contribution in [0.4, 0.5) is 0 Å². The number of hydrogen-bond donors (Lipinski definition) is 0. The predicted molar refractivity (Wildman–Crippen MR) is 82.1 cm³/mol. The second kappa shape index (κ2) is 4.83. The molecular weight excluding hydrogens is 260 g/mol.